The Balaban J connectivity index is 1.54. The number of hydrogen-bond donors (Lipinski definition) is 2. The summed E-state index contributed by atoms with van der Waals surface area (Å²) in [6, 6.07) is 8.78. The summed E-state index contributed by atoms with van der Waals surface area (Å²) in [5.74, 6) is -1.22. The maximum absolute atomic E-state index is 13.5. The Labute approximate surface area is 160 Å². The first-order valence-corrected chi connectivity index (χ1v) is 9.07. The van der Waals surface area contributed by atoms with E-state index in [-0.39, 0.29) is 22.6 Å². The highest BCUT2D eigenvalue weighted by molar-refractivity contribution is 6.30. The van der Waals surface area contributed by atoms with Gasteiger partial charge in [-0.25, -0.2) is 9.18 Å². The third-order valence-electron chi connectivity index (χ3n) is 5.39. The molecule has 7 heteroatoms. The molecule has 1 aliphatic heterocycles. The number of benzene rings is 2. The molecule has 2 aromatic carbocycles. The average molecular weight is 390 g/mol. The van der Waals surface area contributed by atoms with Crippen molar-refractivity contribution >= 4 is 29.2 Å². The molecule has 1 aliphatic carbocycles. The number of carbonyl (C=O) groups excluding carboxylic acids is 1. The van der Waals surface area contributed by atoms with Crippen LogP contribution < -0.4 is 10.1 Å². The van der Waals surface area contributed by atoms with Gasteiger partial charge in [0.1, 0.15) is 11.6 Å². The van der Waals surface area contributed by atoms with E-state index in [0.717, 1.165) is 5.56 Å². The predicted molar refractivity (Wildman–Crippen MR) is 98.0 cm³/mol. The second-order valence-electron chi connectivity index (χ2n) is 7.02. The average Bonchev–Trinajstić information content (AvgIpc) is 2.87. The number of aromatic carboxylic acids is 1. The lowest BCUT2D eigenvalue weighted by atomic mass is 9.69. The topological polar surface area (TPSA) is 75.6 Å². The van der Waals surface area contributed by atoms with E-state index in [0.29, 0.717) is 37.1 Å². The van der Waals surface area contributed by atoms with Crippen molar-refractivity contribution in [2.24, 2.45) is 0 Å². The summed E-state index contributed by atoms with van der Waals surface area (Å²) < 4.78 is 19.3. The van der Waals surface area contributed by atoms with Gasteiger partial charge in [0.2, 0.25) is 5.91 Å². The number of carboxylic acid groups (broad SMARTS) is 1. The Bertz CT molecular complexity index is 917. The molecule has 0 atom stereocenters. The summed E-state index contributed by atoms with van der Waals surface area (Å²) >= 11 is 5.86. The molecule has 1 saturated carbocycles. The highest BCUT2D eigenvalue weighted by atomic mass is 35.5. The SMILES string of the molecule is O=C(O)c1ccc2c(c1)C1(CCC(Oc3cc(F)cc(Cl)c3)CC1)C(=O)N2. The van der Waals surface area contributed by atoms with Crippen LogP contribution in [0.4, 0.5) is 10.1 Å². The molecule has 0 saturated heterocycles. The van der Waals surface area contributed by atoms with Crippen LogP contribution >= 0.6 is 11.6 Å². The standard InChI is InChI=1S/C20H17ClFNO4/c21-12-8-13(22)10-15(9-12)27-14-3-5-20(6-4-14)16-7-11(18(24)25)1-2-17(16)23-19(20)26/h1-2,7-10,14H,3-6H2,(H,23,26)(H,24,25). The molecular formula is C20H17ClFNO4. The van der Waals surface area contributed by atoms with Gasteiger partial charge >= 0.3 is 5.97 Å². The van der Waals surface area contributed by atoms with Crippen LogP contribution in [0.5, 0.6) is 5.75 Å². The molecule has 1 amide bonds. The van der Waals surface area contributed by atoms with Crippen molar-refractivity contribution in [1.29, 1.82) is 0 Å². The molecule has 27 heavy (non-hydrogen) atoms. The monoisotopic (exact) mass is 389 g/mol. The number of hydrogen-bond acceptors (Lipinski definition) is 3. The summed E-state index contributed by atoms with van der Waals surface area (Å²) in [5, 5.41) is 12.4. The van der Waals surface area contributed by atoms with Crippen LogP contribution in [0.25, 0.3) is 0 Å². The quantitative estimate of drug-likeness (QED) is 0.816. The molecular weight excluding hydrogens is 373 g/mol. The van der Waals surface area contributed by atoms with Crippen molar-refractivity contribution in [3.05, 3.63) is 58.4 Å². The second-order valence-corrected chi connectivity index (χ2v) is 7.46. The first-order chi connectivity index (χ1) is 12.9. The van der Waals surface area contributed by atoms with E-state index in [4.69, 9.17) is 16.3 Å². The van der Waals surface area contributed by atoms with Crippen molar-refractivity contribution in [2.45, 2.75) is 37.2 Å². The minimum Gasteiger partial charge on any atom is -0.490 e. The molecule has 5 nitrogen and oxygen atoms in total. The lowest BCUT2D eigenvalue weighted by Gasteiger charge is -2.35. The van der Waals surface area contributed by atoms with Crippen LogP contribution in [0.2, 0.25) is 5.02 Å². The smallest absolute Gasteiger partial charge is 0.335 e. The molecule has 4 rings (SSSR count). The third-order valence-corrected chi connectivity index (χ3v) is 5.61. The van der Waals surface area contributed by atoms with Crippen LogP contribution in [-0.2, 0) is 10.2 Å². The summed E-state index contributed by atoms with van der Waals surface area (Å²) in [7, 11) is 0. The van der Waals surface area contributed by atoms with E-state index in [9.17, 15) is 19.1 Å². The zero-order valence-electron chi connectivity index (χ0n) is 14.3. The Morgan fingerprint density at radius 1 is 1.22 bits per heavy atom. The minimum atomic E-state index is -1.02. The van der Waals surface area contributed by atoms with Gasteiger partial charge in [0.25, 0.3) is 0 Å². The fourth-order valence-electron chi connectivity index (χ4n) is 4.03. The van der Waals surface area contributed by atoms with Crippen LogP contribution in [0.1, 0.15) is 41.6 Å². The summed E-state index contributed by atoms with van der Waals surface area (Å²) in [4.78, 5) is 24.0. The van der Waals surface area contributed by atoms with Gasteiger partial charge in [-0.3, -0.25) is 4.79 Å². The number of rotatable bonds is 3. The van der Waals surface area contributed by atoms with E-state index >= 15 is 0 Å². The lowest BCUT2D eigenvalue weighted by molar-refractivity contribution is -0.122. The number of halogens is 2. The van der Waals surface area contributed by atoms with Gasteiger partial charge in [0.05, 0.1) is 17.1 Å². The van der Waals surface area contributed by atoms with Crippen LogP contribution in [0.15, 0.2) is 36.4 Å². The van der Waals surface area contributed by atoms with Gasteiger partial charge < -0.3 is 15.2 Å². The third kappa shape index (κ3) is 3.14. The normalized spacial score (nSPS) is 23.8. The second kappa shape index (κ2) is 6.53. The lowest BCUT2D eigenvalue weighted by Crippen LogP contribution is -2.41. The zero-order chi connectivity index (χ0) is 19.2. The van der Waals surface area contributed by atoms with Gasteiger partial charge in [-0.05, 0) is 61.6 Å². The first-order valence-electron chi connectivity index (χ1n) is 8.69. The van der Waals surface area contributed by atoms with E-state index in [1.807, 2.05) is 0 Å². The maximum atomic E-state index is 13.5. The zero-order valence-corrected chi connectivity index (χ0v) is 15.1. The van der Waals surface area contributed by atoms with Gasteiger partial charge in [-0.2, -0.15) is 0 Å². The highest BCUT2D eigenvalue weighted by Crippen LogP contribution is 2.48. The number of anilines is 1. The molecule has 1 fully saturated rings. The van der Waals surface area contributed by atoms with Gasteiger partial charge in [0.15, 0.2) is 0 Å². The summed E-state index contributed by atoms with van der Waals surface area (Å²) in [6.45, 7) is 0. The number of nitrogens with one attached hydrogen (secondary N) is 1. The van der Waals surface area contributed by atoms with E-state index in [1.54, 1.807) is 18.2 Å². The van der Waals surface area contributed by atoms with Crippen molar-refractivity contribution in [3.8, 4) is 5.75 Å². The van der Waals surface area contributed by atoms with E-state index in [2.05, 4.69) is 5.32 Å². The fraction of sp³-hybridized carbons (Fsp3) is 0.300. The van der Waals surface area contributed by atoms with Crippen molar-refractivity contribution < 1.29 is 23.8 Å². The van der Waals surface area contributed by atoms with Gasteiger partial charge in [0, 0.05) is 16.8 Å². The van der Waals surface area contributed by atoms with Gasteiger partial charge in [-0.15, -0.1) is 0 Å². The molecule has 2 aliphatic rings. The molecule has 1 heterocycles. The van der Waals surface area contributed by atoms with Crippen LogP contribution in [0, 0.1) is 5.82 Å². The summed E-state index contributed by atoms with van der Waals surface area (Å²) in [5.41, 5.74) is 0.832. The number of amides is 1. The summed E-state index contributed by atoms with van der Waals surface area (Å²) in [6.07, 6.45) is 2.09. The number of ether oxygens (including phenoxy) is 1. The largest absolute Gasteiger partial charge is 0.490 e. The number of fused-ring (bicyclic) bond motifs is 2. The molecule has 0 bridgehead atoms. The van der Waals surface area contributed by atoms with E-state index in [1.165, 1.54) is 18.2 Å². The molecule has 0 radical (unpaired) electrons. The Morgan fingerprint density at radius 2 is 1.96 bits per heavy atom. The van der Waals surface area contributed by atoms with Gasteiger partial charge in [-0.1, -0.05) is 11.6 Å². The molecule has 2 N–H and O–H groups in total. The number of carboxylic acids is 1. The molecule has 1 spiro atoms. The Kier molecular flexibility index (Phi) is 4.30. The van der Waals surface area contributed by atoms with Crippen LogP contribution in [0.3, 0.4) is 0 Å². The molecule has 0 unspecified atom stereocenters. The predicted octanol–water partition coefficient (Wildman–Crippen LogP) is 4.39. The van der Waals surface area contributed by atoms with Crippen LogP contribution in [-0.4, -0.2) is 23.1 Å². The fourth-order valence-corrected chi connectivity index (χ4v) is 4.25. The Morgan fingerprint density at radius 3 is 2.63 bits per heavy atom. The van der Waals surface area contributed by atoms with Crippen molar-refractivity contribution in [1.82, 2.24) is 0 Å². The minimum absolute atomic E-state index is 0.104. The Hall–Kier alpha value is -2.60. The molecule has 2 aromatic rings. The van der Waals surface area contributed by atoms with Crippen molar-refractivity contribution in [3.63, 3.8) is 0 Å². The highest BCUT2D eigenvalue weighted by Gasteiger charge is 2.49. The number of carbonyl (C=O) groups is 2. The molecule has 140 valence electrons. The first kappa shape index (κ1) is 17.8. The van der Waals surface area contributed by atoms with E-state index < -0.39 is 17.2 Å². The van der Waals surface area contributed by atoms with Crippen molar-refractivity contribution in [2.75, 3.05) is 5.32 Å². The maximum Gasteiger partial charge on any atom is 0.335 e. The molecule has 0 aromatic heterocycles.